The molecule has 0 aromatic carbocycles. The van der Waals surface area contributed by atoms with Gasteiger partial charge in [0.15, 0.2) is 16.9 Å². The fourth-order valence-electron chi connectivity index (χ4n) is 3.00. The predicted molar refractivity (Wildman–Crippen MR) is 117 cm³/mol. The van der Waals surface area contributed by atoms with Crippen molar-refractivity contribution < 1.29 is 76.9 Å². The molecule has 2 bridgehead atoms. The van der Waals surface area contributed by atoms with Crippen molar-refractivity contribution in [2.45, 2.75) is 34.6 Å². The van der Waals surface area contributed by atoms with E-state index in [9.17, 15) is 0 Å². The Hall–Kier alpha value is -5.13. The van der Waals surface area contributed by atoms with Crippen LogP contribution in [-0.4, -0.2) is 78.9 Å². The number of nitrogens with zero attached hydrogens (tertiary/aromatic N) is 16. The van der Waals surface area contributed by atoms with Gasteiger partial charge in [-0.2, -0.15) is 25.0 Å². The average molecular weight is 572 g/mol. The van der Waals surface area contributed by atoms with Crippen LogP contribution in [0.25, 0.3) is 23.3 Å². The molecule has 6 heterocycles. The Balaban J connectivity index is 0. The van der Waals surface area contributed by atoms with Crippen LogP contribution in [0.3, 0.4) is 0 Å². The van der Waals surface area contributed by atoms with Crippen molar-refractivity contribution >= 4 is 13.8 Å². The van der Waals surface area contributed by atoms with Gasteiger partial charge in [-0.25, -0.2) is 0 Å². The van der Waals surface area contributed by atoms with E-state index < -0.39 is 13.8 Å². The number of nitrogens with one attached hydrogen (secondary N) is 5. The van der Waals surface area contributed by atoms with Gasteiger partial charge in [0.2, 0.25) is 0 Å². The van der Waals surface area contributed by atoms with Crippen molar-refractivity contribution in [3.05, 3.63) is 0 Å². The number of hydrogen-bond donors (Lipinski definition) is 2. The molecule has 2 aliphatic rings. The van der Waals surface area contributed by atoms with Crippen molar-refractivity contribution in [1.82, 2.24) is 65.1 Å². The number of rotatable bonds is 0. The van der Waals surface area contributed by atoms with Gasteiger partial charge in [-0.05, 0) is 10.4 Å². The van der Waals surface area contributed by atoms with E-state index in [1.54, 1.807) is 32.1 Å². The number of aromatic amines is 3. The van der Waals surface area contributed by atoms with E-state index in [2.05, 4.69) is 62.1 Å². The molecule has 4 aromatic rings. The summed E-state index contributed by atoms with van der Waals surface area (Å²) in [6, 6.07) is 9.25. The fourth-order valence-corrected chi connectivity index (χ4v) is 3.00. The monoisotopic (exact) mass is 572 g/mol. The molecule has 5 N–H and O–H groups in total. The summed E-state index contributed by atoms with van der Waals surface area (Å²) in [7, 11) is 0. The maximum absolute atomic E-state index is 16.0. The number of tetrazole rings is 4. The normalized spacial score (nSPS) is 16.5. The summed E-state index contributed by atoms with van der Waals surface area (Å²) in [5.74, 6) is -0.677. The Bertz CT molecular complexity index is 1380. The molecule has 2 aliphatic heterocycles. The van der Waals surface area contributed by atoms with Gasteiger partial charge in [-0.15, -0.1) is 25.8 Å². The molecule has 6 rings (SSSR count). The molecule has 42 heavy (non-hydrogen) atoms. The van der Waals surface area contributed by atoms with Crippen LogP contribution >= 0.6 is 0 Å². The number of H-pyrrole nitrogens is 3. The molecule has 2 atom stereocenters. The van der Waals surface area contributed by atoms with Crippen LogP contribution in [0.1, 0.15) is 34.6 Å². The summed E-state index contributed by atoms with van der Waals surface area (Å²) >= 11 is 0. The second-order valence-electron chi connectivity index (χ2n) is 6.45. The minimum absolute atomic E-state index is 0. The second-order valence-corrected chi connectivity index (χ2v) is 6.45. The second kappa shape index (κ2) is 18.3. The third kappa shape index (κ3) is 7.54. The molecule has 0 amide bonds. The van der Waals surface area contributed by atoms with Crippen molar-refractivity contribution in [1.29, 1.82) is 15.8 Å². The van der Waals surface area contributed by atoms with Crippen molar-refractivity contribution in [2.24, 2.45) is 0 Å². The zero-order chi connectivity index (χ0) is 30.3. The van der Waals surface area contributed by atoms with Gasteiger partial charge in [0, 0.05) is 26.0 Å². The summed E-state index contributed by atoms with van der Waals surface area (Å²) in [6.45, 7) is -0.566. The number of halogens is 2. The summed E-state index contributed by atoms with van der Waals surface area (Å²) in [6.07, 6.45) is 0. The number of aromatic nitrogens is 16. The first-order chi connectivity index (χ1) is 19.2. The predicted octanol–water partition coefficient (Wildman–Crippen LogP) is -12.7. The molecular formula is C14H20B2F2Li2N21O+5. The van der Waals surface area contributed by atoms with Crippen LogP contribution < -0.4 is 63.7 Å². The molecule has 0 saturated carbocycles. The van der Waals surface area contributed by atoms with E-state index >= 15 is 8.63 Å². The first-order valence-corrected chi connectivity index (χ1v) is 10.5. The first-order valence-electron chi connectivity index (χ1n) is 10.5. The molecule has 0 radical (unpaired) electrons. The zero-order valence-electron chi connectivity index (χ0n) is 23.5. The number of nitriles is 3. The van der Waals surface area contributed by atoms with E-state index in [4.69, 9.17) is 30.9 Å². The number of fused-ring (bicyclic) bond motifs is 12. The molecule has 0 aliphatic carbocycles. The summed E-state index contributed by atoms with van der Waals surface area (Å²) < 4.78 is 39.9. The van der Waals surface area contributed by atoms with Crippen molar-refractivity contribution in [3.63, 3.8) is 0 Å². The molecule has 28 heteroatoms. The van der Waals surface area contributed by atoms with Gasteiger partial charge in [-0.1, -0.05) is 15.5 Å². The zero-order valence-corrected chi connectivity index (χ0v) is 23.5. The van der Waals surface area contributed by atoms with Crippen LogP contribution in [0, 0.1) is 46.1 Å². The molecule has 0 spiro atoms. The van der Waals surface area contributed by atoms with Crippen LogP contribution in [0.5, 0.6) is 0 Å². The SMILES string of the molecule is CC#N.CC#N.CC#N.CC#[NH+].CC#[NH+].F[B@-]12O[B@-](F)(n3nnnc3-c3nnnn31)n1n[nH+][nH+]c1-c1[nH+]nnn12.[Li+].[Li+]. The minimum Gasteiger partial charge on any atom is -0.657 e. The van der Waals surface area contributed by atoms with Gasteiger partial charge in [0.25, 0.3) is 12.1 Å². The van der Waals surface area contributed by atoms with E-state index in [1.807, 2.05) is 12.1 Å². The van der Waals surface area contributed by atoms with E-state index in [-0.39, 0.29) is 61.0 Å². The molecule has 0 unspecified atom stereocenters. The standard InChI is InChI=1S/C4H2B2F2N16O.5C2H3N.2Li/c7-5-21-1(9-13-17-21)2-10-14-18-22(2)6(8,25-5)24-4(12-16-20-24)3-11-15-19-23(3)5;5*1-2-3;;/h(H2,9,13,17);5*1H3;;/q;;;;;;2*+1/p+3/t5-,6+;;;;;;;/m0......./s1. The van der Waals surface area contributed by atoms with Crippen LogP contribution in [0.4, 0.5) is 8.63 Å². The van der Waals surface area contributed by atoms with Gasteiger partial charge in [0.1, 0.15) is 10.4 Å². The van der Waals surface area contributed by atoms with Crippen molar-refractivity contribution in [2.75, 3.05) is 0 Å². The molecule has 204 valence electrons. The average Bonchev–Trinajstić information content (AvgIpc) is 3.71. The Morgan fingerprint density at radius 3 is 1.57 bits per heavy atom. The molecule has 0 saturated heterocycles. The van der Waals surface area contributed by atoms with Crippen LogP contribution in [0.2, 0.25) is 0 Å². The maximum atomic E-state index is 16.0. The Labute approximate surface area is 259 Å². The van der Waals surface area contributed by atoms with Gasteiger partial charge in [-0.3, -0.25) is 0 Å². The topological polar surface area (TPSA) is 306 Å². The molecule has 22 nitrogen and oxygen atoms in total. The molecular weight excluding hydrogens is 552 g/mol. The fraction of sp³-hybridized carbons (Fsp3) is 0.357. The maximum Gasteiger partial charge on any atom is 1.00 e. The van der Waals surface area contributed by atoms with Crippen molar-refractivity contribution in [3.8, 4) is 53.6 Å². The van der Waals surface area contributed by atoms with E-state index in [0.29, 0.717) is 18.4 Å². The number of hydrogen-bond acceptors (Lipinski definition) is 13. The van der Waals surface area contributed by atoms with Gasteiger partial charge >= 0.3 is 63.2 Å². The summed E-state index contributed by atoms with van der Waals surface area (Å²) in [5.41, 5.74) is 0. The summed E-state index contributed by atoms with van der Waals surface area (Å²) in [4.78, 5) is 0. The molecule has 0 fully saturated rings. The van der Waals surface area contributed by atoms with E-state index in [0.717, 1.165) is 0 Å². The quantitative estimate of drug-likeness (QED) is 0.185. The van der Waals surface area contributed by atoms with Crippen LogP contribution in [0.15, 0.2) is 0 Å². The summed E-state index contributed by atoms with van der Waals surface area (Å²) in [5, 5.41) is 73.3. The Kier molecular flexibility index (Phi) is 17.0. The largest absolute Gasteiger partial charge is 1.00 e. The Morgan fingerprint density at radius 2 is 1.14 bits per heavy atom. The third-order valence-electron chi connectivity index (χ3n) is 4.05. The van der Waals surface area contributed by atoms with Crippen LogP contribution in [-0.2, 0) is 4.57 Å². The first kappa shape index (κ1) is 39.0. The smallest absolute Gasteiger partial charge is 0.657 e. The van der Waals surface area contributed by atoms with Gasteiger partial charge in [0.05, 0.1) is 32.1 Å². The Morgan fingerprint density at radius 1 is 0.738 bits per heavy atom. The molecule has 4 aromatic heterocycles. The minimum atomic E-state index is -3.98. The third-order valence-corrected chi connectivity index (χ3v) is 4.05. The van der Waals surface area contributed by atoms with Gasteiger partial charge < -0.3 is 22.4 Å². The van der Waals surface area contributed by atoms with E-state index in [1.165, 1.54) is 20.8 Å².